The number of pyridine rings is 1. The van der Waals surface area contributed by atoms with Crippen LogP contribution < -0.4 is 15.8 Å². The zero-order chi connectivity index (χ0) is 20.8. The first-order valence-electron chi connectivity index (χ1n) is 9.78. The molecule has 1 aromatic heterocycles. The molecule has 0 spiro atoms. The number of hydrogen-bond acceptors (Lipinski definition) is 5. The third-order valence-corrected chi connectivity index (χ3v) is 4.85. The van der Waals surface area contributed by atoms with Crippen LogP contribution in [0.2, 0.25) is 0 Å². The molecule has 29 heavy (non-hydrogen) atoms. The first-order chi connectivity index (χ1) is 14.0. The first kappa shape index (κ1) is 20.6. The molecule has 3 N–H and O–H groups in total. The van der Waals surface area contributed by atoms with Gasteiger partial charge in [0, 0.05) is 36.8 Å². The van der Waals surface area contributed by atoms with Crippen molar-refractivity contribution in [1.29, 1.82) is 0 Å². The lowest BCUT2D eigenvalue weighted by atomic mass is 10.1. The maximum atomic E-state index is 11.9. The molecule has 0 bridgehead atoms. The minimum absolute atomic E-state index is 0.0406. The molecule has 6 heteroatoms. The van der Waals surface area contributed by atoms with E-state index >= 15 is 0 Å². The summed E-state index contributed by atoms with van der Waals surface area (Å²) in [5.74, 6) is 0.777. The van der Waals surface area contributed by atoms with E-state index < -0.39 is 6.04 Å². The van der Waals surface area contributed by atoms with Crippen molar-refractivity contribution in [3.63, 3.8) is 0 Å². The van der Waals surface area contributed by atoms with E-state index in [1.807, 2.05) is 42.5 Å². The number of aromatic nitrogens is 1. The highest BCUT2D eigenvalue weighted by molar-refractivity contribution is 5.93. The Kier molecular flexibility index (Phi) is 6.67. The lowest BCUT2D eigenvalue weighted by Crippen LogP contribution is -2.40. The first-order valence-corrected chi connectivity index (χ1v) is 9.78. The van der Waals surface area contributed by atoms with Crippen LogP contribution in [0.15, 0.2) is 54.6 Å². The van der Waals surface area contributed by atoms with E-state index in [1.54, 1.807) is 26.0 Å². The fraction of sp³-hybridized carbons (Fsp3) is 0.304. The van der Waals surface area contributed by atoms with Crippen LogP contribution in [-0.2, 0) is 4.79 Å². The largest absolute Gasteiger partial charge is 0.497 e. The van der Waals surface area contributed by atoms with E-state index in [2.05, 4.69) is 17.4 Å². The van der Waals surface area contributed by atoms with E-state index in [0.29, 0.717) is 6.54 Å². The number of methoxy groups -OCH3 is 1. The normalized spacial score (nSPS) is 11.9. The number of ether oxygens (including phenoxy) is 1. The summed E-state index contributed by atoms with van der Waals surface area (Å²) in [5, 5.41) is 4.58. The highest BCUT2D eigenvalue weighted by atomic mass is 16.5. The molecule has 2 aromatic carbocycles. The maximum Gasteiger partial charge on any atom is 0.238 e. The second kappa shape index (κ2) is 9.39. The second-order valence-electron chi connectivity index (χ2n) is 7.13. The highest BCUT2D eigenvalue weighted by Gasteiger charge is 2.13. The lowest BCUT2D eigenvalue weighted by molar-refractivity contribution is -0.130. The number of benzene rings is 2. The summed E-state index contributed by atoms with van der Waals surface area (Å²) in [7, 11) is 3.44. The van der Waals surface area contributed by atoms with Gasteiger partial charge >= 0.3 is 0 Å². The number of nitrogens with two attached hydrogens (primary N) is 1. The van der Waals surface area contributed by atoms with Crippen molar-refractivity contribution in [2.24, 2.45) is 5.73 Å². The van der Waals surface area contributed by atoms with Gasteiger partial charge < -0.3 is 20.7 Å². The van der Waals surface area contributed by atoms with Crippen LogP contribution in [0.1, 0.15) is 13.3 Å². The minimum Gasteiger partial charge on any atom is -0.497 e. The van der Waals surface area contributed by atoms with Crippen LogP contribution in [0, 0.1) is 0 Å². The topological polar surface area (TPSA) is 80.5 Å². The average Bonchev–Trinajstić information content (AvgIpc) is 2.75. The predicted molar refractivity (Wildman–Crippen MR) is 118 cm³/mol. The van der Waals surface area contributed by atoms with Gasteiger partial charge in [0.25, 0.3) is 0 Å². The number of nitrogens with one attached hydrogen (secondary N) is 1. The molecule has 3 rings (SSSR count). The summed E-state index contributed by atoms with van der Waals surface area (Å²) in [4.78, 5) is 18.4. The van der Waals surface area contributed by atoms with Crippen molar-refractivity contribution >= 4 is 22.5 Å². The number of rotatable bonds is 8. The Morgan fingerprint density at radius 3 is 2.62 bits per heavy atom. The quantitative estimate of drug-likeness (QED) is 0.574. The molecule has 1 amide bonds. The molecule has 3 aromatic rings. The number of likely N-dealkylation sites (N-methyl/N-ethyl adjacent to an activating group) is 1. The molecule has 0 aliphatic carbocycles. The Balaban J connectivity index is 1.76. The second-order valence-corrected chi connectivity index (χ2v) is 7.13. The molecule has 1 atom stereocenters. The van der Waals surface area contributed by atoms with E-state index in [1.165, 1.54) is 0 Å². The van der Waals surface area contributed by atoms with E-state index in [9.17, 15) is 4.79 Å². The number of carbonyl (C=O) groups excluding carboxylic acids is 1. The van der Waals surface area contributed by atoms with E-state index in [4.69, 9.17) is 15.5 Å². The molecule has 0 aliphatic heterocycles. The average molecular weight is 393 g/mol. The molecule has 0 aliphatic rings. The SMILES string of the molecule is COc1ccc(-c2cc(NCCCN(C)C(=O)C(C)N)c3ccccc3n2)cc1. The van der Waals surface area contributed by atoms with Crippen LogP contribution in [0.25, 0.3) is 22.2 Å². The lowest BCUT2D eigenvalue weighted by Gasteiger charge is -2.19. The summed E-state index contributed by atoms with van der Waals surface area (Å²) >= 11 is 0. The van der Waals surface area contributed by atoms with Crippen molar-refractivity contribution < 1.29 is 9.53 Å². The number of hydrogen-bond donors (Lipinski definition) is 2. The van der Waals surface area contributed by atoms with Crippen LogP contribution >= 0.6 is 0 Å². The summed E-state index contributed by atoms with van der Waals surface area (Å²) < 4.78 is 5.25. The Bertz CT molecular complexity index is 970. The van der Waals surface area contributed by atoms with Gasteiger partial charge in [-0.2, -0.15) is 0 Å². The Morgan fingerprint density at radius 1 is 1.21 bits per heavy atom. The van der Waals surface area contributed by atoms with E-state index in [0.717, 1.165) is 46.6 Å². The molecule has 0 fully saturated rings. The molecule has 152 valence electrons. The fourth-order valence-electron chi connectivity index (χ4n) is 3.23. The van der Waals surface area contributed by atoms with Crippen molar-refractivity contribution in [1.82, 2.24) is 9.88 Å². The number of nitrogens with zero attached hydrogens (tertiary/aromatic N) is 2. The monoisotopic (exact) mass is 392 g/mol. The van der Waals surface area contributed by atoms with Crippen molar-refractivity contribution in [3.8, 4) is 17.0 Å². The molecular weight excluding hydrogens is 364 g/mol. The summed E-state index contributed by atoms with van der Waals surface area (Å²) in [6, 6.07) is 17.6. The van der Waals surface area contributed by atoms with Gasteiger partial charge in [0.05, 0.1) is 24.4 Å². The van der Waals surface area contributed by atoms with Gasteiger partial charge in [0.15, 0.2) is 0 Å². The summed E-state index contributed by atoms with van der Waals surface area (Å²) in [6.45, 7) is 3.11. The standard InChI is InChI=1S/C23H28N4O2/c1-16(24)23(28)27(2)14-6-13-25-22-15-21(17-9-11-18(29-3)12-10-17)26-20-8-5-4-7-19(20)22/h4-5,7-12,15-16H,6,13-14,24H2,1-3H3,(H,25,26). The molecule has 0 saturated carbocycles. The number of amides is 1. The predicted octanol–water partition coefficient (Wildman–Crippen LogP) is 3.52. The van der Waals surface area contributed by atoms with Gasteiger partial charge in [0.1, 0.15) is 5.75 Å². The highest BCUT2D eigenvalue weighted by Crippen LogP contribution is 2.29. The minimum atomic E-state index is -0.468. The number of fused-ring (bicyclic) bond motifs is 1. The van der Waals surface area contributed by atoms with Gasteiger partial charge in [-0.05, 0) is 49.7 Å². The molecule has 6 nitrogen and oxygen atoms in total. The van der Waals surface area contributed by atoms with Crippen molar-refractivity contribution in [3.05, 3.63) is 54.6 Å². The van der Waals surface area contributed by atoms with Crippen LogP contribution in [0.5, 0.6) is 5.75 Å². The van der Waals surface area contributed by atoms with Crippen LogP contribution in [-0.4, -0.2) is 49.1 Å². The Labute approximate surface area is 171 Å². The number of para-hydroxylation sites is 1. The van der Waals surface area contributed by atoms with Gasteiger partial charge in [-0.3, -0.25) is 4.79 Å². The van der Waals surface area contributed by atoms with Crippen molar-refractivity contribution in [2.75, 3.05) is 32.6 Å². The van der Waals surface area contributed by atoms with Gasteiger partial charge in [-0.15, -0.1) is 0 Å². The molecule has 0 saturated heterocycles. The van der Waals surface area contributed by atoms with E-state index in [-0.39, 0.29) is 5.91 Å². The molecular formula is C23H28N4O2. The summed E-state index contributed by atoms with van der Waals surface area (Å²) in [5.41, 5.74) is 9.56. The van der Waals surface area contributed by atoms with Gasteiger partial charge in [-0.1, -0.05) is 18.2 Å². The molecule has 1 unspecified atom stereocenters. The zero-order valence-electron chi connectivity index (χ0n) is 17.2. The Hall–Kier alpha value is -3.12. The molecule has 0 radical (unpaired) electrons. The zero-order valence-corrected chi connectivity index (χ0v) is 17.2. The maximum absolute atomic E-state index is 11.9. The number of anilines is 1. The van der Waals surface area contributed by atoms with Crippen LogP contribution in [0.4, 0.5) is 5.69 Å². The van der Waals surface area contributed by atoms with Crippen LogP contribution in [0.3, 0.4) is 0 Å². The smallest absolute Gasteiger partial charge is 0.238 e. The summed E-state index contributed by atoms with van der Waals surface area (Å²) in [6.07, 6.45) is 0.823. The van der Waals surface area contributed by atoms with Gasteiger partial charge in [0.2, 0.25) is 5.91 Å². The third-order valence-electron chi connectivity index (χ3n) is 4.85. The Morgan fingerprint density at radius 2 is 1.93 bits per heavy atom. The van der Waals surface area contributed by atoms with Crippen molar-refractivity contribution in [2.45, 2.75) is 19.4 Å². The molecule has 1 heterocycles. The fourth-order valence-corrected chi connectivity index (χ4v) is 3.23. The number of carbonyl (C=O) groups is 1. The van der Waals surface area contributed by atoms with Gasteiger partial charge in [-0.25, -0.2) is 4.98 Å². The third kappa shape index (κ3) is 5.03.